The highest BCUT2D eigenvalue weighted by Crippen LogP contribution is 2.08. The van der Waals surface area contributed by atoms with Crippen molar-refractivity contribution in [1.29, 1.82) is 0 Å². The van der Waals surface area contributed by atoms with Gasteiger partial charge in [-0.1, -0.05) is 75.8 Å². The number of carbonyl (C=O) groups is 1. The molecular weight excluding hydrogens is 260 g/mol. The van der Waals surface area contributed by atoms with Crippen LogP contribution in [0.5, 0.6) is 0 Å². The van der Waals surface area contributed by atoms with Gasteiger partial charge in [0.1, 0.15) is 0 Å². The fourth-order valence-corrected chi connectivity index (χ4v) is 2.19. The first kappa shape index (κ1) is 17.4. The summed E-state index contributed by atoms with van der Waals surface area (Å²) in [5.41, 5.74) is 4.51. The van der Waals surface area contributed by atoms with Gasteiger partial charge in [0.15, 0.2) is 0 Å². The van der Waals surface area contributed by atoms with Gasteiger partial charge in [0.25, 0.3) is 0 Å². The smallest absolute Gasteiger partial charge is 0.240 e. The van der Waals surface area contributed by atoms with Crippen LogP contribution in [0.3, 0.4) is 0 Å². The van der Waals surface area contributed by atoms with Gasteiger partial charge >= 0.3 is 0 Å². The Morgan fingerprint density at radius 3 is 2.29 bits per heavy atom. The summed E-state index contributed by atoms with van der Waals surface area (Å²) in [6.07, 6.45) is 9.12. The van der Waals surface area contributed by atoms with Crippen LogP contribution in [0.2, 0.25) is 0 Å². The van der Waals surface area contributed by atoms with Gasteiger partial charge in [-0.15, -0.1) is 0 Å². The Morgan fingerprint density at radius 2 is 1.62 bits per heavy atom. The summed E-state index contributed by atoms with van der Waals surface area (Å²) in [4.78, 5) is 11.7. The van der Waals surface area contributed by atoms with Gasteiger partial charge in [-0.2, -0.15) is 5.10 Å². The molecule has 1 N–H and O–H groups in total. The summed E-state index contributed by atoms with van der Waals surface area (Å²) < 4.78 is 0. The zero-order valence-electron chi connectivity index (χ0n) is 13.4. The highest BCUT2D eigenvalue weighted by atomic mass is 16.2. The molecule has 0 bridgehead atoms. The van der Waals surface area contributed by atoms with E-state index in [1.54, 1.807) is 0 Å². The first-order valence-electron chi connectivity index (χ1n) is 8.12. The molecule has 0 spiro atoms. The molecule has 0 heterocycles. The number of hydrazone groups is 1. The third-order valence-electron chi connectivity index (χ3n) is 3.55. The Bertz CT molecular complexity index is 426. The number of nitrogens with one attached hydrogen (secondary N) is 1. The normalized spacial score (nSPS) is 11.4. The summed E-state index contributed by atoms with van der Waals surface area (Å²) in [7, 11) is 0. The van der Waals surface area contributed by atoms with Gasteiger partial charge in [0, 0.05) is 6.42 Å². The topological polar surface area (TPSA) is 41.5 Å². The number of rotatable bonds is 10. The molecular formula is C18H28N2O. The van der Waals surface area contributed by atoms with Crippen LogP contribution in [0.15, 0.2) is 35.4 Å². The minimum Gasteiger partial charge on any atom is -0.273 e. The molecule has 0 aliphatic heterocycles. The lowest BCUT2D eigenvalue weighted by molar-refractivity contribution is -0.121. The molecule has 0 saturated heterocycles. The number of carbonyl (C=O) groups excluding carboxylic acids is 1. The monoisotopic (exact) mass is 288 g/mol. The molecule has 0 fully saturated rings. The summed E-state index contributed by atoms with van der Waals surface area (Å²) >= 11 is 0. The van der Waals surface area contributed by atoms with E-state index in [1.165, 1.54) is 32.1 Å². The Hall–Kier alpha value is -1.64. The van der Waals surface area contributed by atoms with E-state index in [1.807, 2.05) is 37.3 Å². The number of nitrogens with zero attached hydrogens (tertiary/aromatic N) is 1. The van der Waals surface area contributed by atoms with Gasteiger partial charge < -0.3 is 0 Å². The molecule has 1 rings (SSSR count). The molecule has 0 unspecified atom stereocenters. The number of hydrogen-bond acceptors (Lipinski definition) is 2. The molecule has 3 heteroatoms. The molecule has 0 saturated carbocycles. The molecule has 1 aromatic rings. The SMILES string of the molecule is CCCCCCCCCC(=O)NN=C(C)c1ccccc1. The maximum Gasteiger partial charge on any atom is 0.240 e. The van der Waals surface area contributed by atoms with Crippen molar-refractivity contribution < 1.29 is 4.79 Å². The van der Waals surface area contributed by atoms with Crippen LogP contribution in [0, 0.1) is 0 Å². The Balaban J connectivity index is 2.14. The zero-order valence-corrected chi connectivity index (χ0v) is 13.4. The van der Waals surface area contributed by atoms with Crippen molar-refractivity contribution in [2.24, 2.45) is 5.10 Å². The molecule has 1 aromatic carbocycles. The van der Waals surface area contributed by atoms with Gasteiger partial charge in [0.05, 0.1) is 5.71 Å². The van der Waals surface area contributed by atoms with E-state index in [2.05, 4.69) is 17.5 Å². The predicted octanol–water partition coefficient (Wildman–Crippen LogP) is 4.67. The van der Waals surface area contributed by atoms with Crippen molar-refractivity contribution in [2.75, 3.05) is 0 Å². The molecule has 0 aromatic heterocycles. The lowest BCUT2D eigenvalue weighted by Gasteiger charge is -2.03. The predicted molar refractivity (Wildman–Crippen MR) is 89.4 cm³/mol. The van der Waals surface area contributed by atoms with Crippen LogP contribution >= 0.6 is 0 Å². The number of hydrogen-bond donors (Lipinski definition) is 1. The quantitative estimate of drug-likeness (QED) is 0.379. The van der Waals surface area contributed by atoms with Gasteiger partial charge in [-0.3, -0.25) is 4.79 Å². The van der Waals surface area contributed by atoms with Crippen molar-refractivity contribution in [3.05, 3.63) is 35.9 Å². The second-order valence-corrected chi connectivity index (χ2v) is 5.47. The Kier molecular flexibility index (Phi) is 9.18. The van der Waals surface area contributed by atoms with E-state index in [9.17, 15) is 4.79 Å². The summed E-state index contributed by atoms with van der Waals surface area (Å²) in [6, 6.07) is 9.88. The molecule has 0 atom stereocenters. The lowest BCUT2D eigenvalue weighted by Crippen LogP contribution is -2.18. The average Bonchev–Trinajstić information content (AvgIpc) is 2.52. The van der Waals surface area contributed by atoms with E-state index in [0.29, 0.717) is 6.42 Å². The average molecular weight is 288 g/mol. The van der Waals surface area contributed by atoms with Crippen LogP contribution in [-0.4, -0.2) is 11.6 Å². The van der Waals surface area contributed by atoms with E-state index in [4.69, 9.17) is 0 Å². The van der Waals surface area contributed by atoms with Crippen LogP contribution in [0.1, 0.15) is 70.8 Å². The minimum absolute atomic E-state index is 0.0128. The number of amides is 1. The standard InChI is InChI=1S/C18H28N2O/c1-3-4-5-6-7-8-12-15-18(21)20-19-16(2)17-13-10-9-11-14-17/h9-11,13-14H,3-8,12,15H2,1-2H3,(H,20,21). The van der Waals surface area contributed by atoms with Crippen LogP contribution < -0.4 is 5.43 Å². The van der Waals surface area contributed by atoms with E-state index in [0.717, 1.165) is 24.1 Å². The number of unbranched alkanes of at least 4 members (excludes halogenated alkanes) is 6. The first-order chi connectivity index (χ1) is 10.2. The van der Waals surface area contributed by atoms with E-state index >= 15 is 0 Å². The third-order valence-corrected chi connectivity index (χ3v) is 3.55. The molecule has 116 valence electrons. The largest absolute Gasteiger partial charge is 0.273 e. The van der Waals surface area contributed by atoms with E-state index in [-0.39, 0.29) is 5.91 Å². The zero-order chi connectivity index (χ0) is 15.3. The molecule has 0 aliphatic carbocycles. The third kappa shape index (κ3) is 8.28. The highest BCUT2D eigenvalue weighted by molar-refractivity contribution is 5.99. The fourth-order valence-electron chi connectivity index (χ4n) is 2.19. The van der Waals surface area contributed by atoms with Crippen molar-refractivity contribution in [3.63, 3.8) is 0 Å². The number of benzene rings is 1. The van der Waals surface area contributed by atoms with Crippen molar-refractivity contribution in [3.8, 4) is 0 Å². The van der Waals surface area contributed by atoms with Gasteiger partial charge in [-0.05, 0) is 18.9 Å². The summed E-state index contributed by atoms with van der Waals surface area (Å²) in [6.45, 7) is 4.13. The van der Waals surface area contributed by atoms with Crippen molar-refractivity contribution in [1.82, 2.24) is 5.43 Å². The maximum absolute atomic E-state index is 11.7. The van der Waals surface area contributed by atoms with Crippen molar-refractivity contribution >= 4 is 11.6 Å². The van der Waals surface area contributed by atoms with Gasteiger partial charge in [-0.25, -0.2) is 5.43 Å². The van der Waals surface area contributed by atoms with Crippen LogP contribution in [-0.2, 0) is 4.79 Å². The molecule has 0 aliphatic rings. The second kappa shape index (κ2) is 11.1. The Labute approximate surface area is 128 Å². The van der Waals surface area contributed by atoms with Gasteiger partial charge in [0.2, 0.25) is 5.91 Å². The molecule has 1 amide bonds. The second-order valence-electron chi connectivity index (χ2n) is 5.47. The first-order valence-corrected chi connectivity index (χ1v) is 8.12. The van der Waals surface area contributed by atoms with Crippen LogP contribution in [0.25, 0.3) is 0 Å². The van der Waals surface area contributed by atoms with E-state index < -0.39 is 0 Å². The fraction of sp³-hybridized carbons (Fsp3) is 0.556. The maximum atomic E-state index is 11.7. The summed E-state index contributed by atoms with van der Waals surface area (Å²) in [5, 5.41) is 4.15. The highest BCUT2D eigenvalue weighted by Gasteiger charge is 2.01. The lowest BCUT2D eigenvalue weighted by atomic mass is 10.1. The molecule has 0 radical (unpaired) electrons. The minimum atomic E-state index is 0.0128. The summed E-state index contributed by atoms with van der Waals surface area (Å²) in [5.74, 6) is 0.0128. The molecule has 3 nitrogen and oxygen atoms in total. The van der Waals surface area contributed by atoms with Crippen molar-refractivity contribution in [2.45, 2.75) is 65.2 Å². The van der Waals surface area contributed by atoms with Crippen LogP contribution in [0.4, 0.5) is 0 Å². The Morgan fingerprint density at radius 1 is 1.00 bits per heavy atom. The molecule has 21 heavy (non-hydrogen) atoms.